The van der Waals surface area contributed by atoms with E-state index in [1.807, 2.05) is 36.0 Å². The van der Waals surface area contributed by atoms with Crippen LogP contribution in [0.15, 0.2) is 18.3 Å². The fourth-order valence-electron chi connectivity index (χ4n) is 3.96. The molecule has 6 heteroatoms. The summed E-state index contributed by atoms with van der Waals surface area (Å²) < 4.78 is 0. The quantitative estimate of drug-likeness (QED) is 0.910. The molecule has 6 nitrogen and oxygen atoms in total. The van der Waals surface area contributed by atoms with E-state index < -0.39 is 0 Å². The standard InChI is InChI=1S/C19H31N5O/c1-22(2)18-16(8-7-10-20-18)14-21-19(25)24-13-4-3-9-17(15-24)23-11-5-6-12-23/h7-8,10,17H,3-6,9,11-15H2,1-2H3,(H,21,25)/t17-/m0/s1. The number of urea groups is 1. The summed E-state index contributed by atoms with van der Waals surface area (Å²) in [7, 11) is 3.95. The summed E-state index contributed by atoms with van der Waals surface area (Å²) in [6, 6.07) is 4.54. The Balaban J connectivity index is 1.58. The second-order valence-corrected chi connectivity index (χ2v) is 7.38. The molecule has 138 valence electrons. The second-order valence-electron chi connectivity index (χ2n) is 7.38. The predicted molar refractivity (Wildman–Crippen MR) is 101 cm³/mol. The lowest BCUT2D eigenvalue weighted by atomic mass is 10.1. The number of likely N-dealkylation sites (tertiary alicyclic amines) is 2. The maximum atomic E-state index is 12.7. The lowest BCUT2D eigenvalue weighted by Crippen LogP contribution is -2.47. The number of aromatic nitrogens is 1. The Bertz CT molecular complexity index is 571. The third-order valence-corrected chi connectivity index (χ3v) is 5.31. The van der Waals surface area contributed by atoms with Crippen LogP contribution in [0.1, 0.15) is 37.7 Å². The molecule has 0 aliphatic carbocycles. The third kappa shape index (κ3) is 4.63. The van der Waals surface area contributed by atoms with Crippen LogP contribution >= 0.6 is 0 Å². The van der Waals surface area contributed by atoms with Gasteiger partial charge in [0.15, 0.2) is 0 Å². The number of anilines is 1. The molecule has 0 bridgehead atoms. The highest BCUT2D eigenvalue weighted by Crippen LogP contribution is 2.20. The smallest absolute Gasteiger partial charge is 0.317 e. The highest BCUT2D eigenvalue weighted by atomic mass is 16.2. The van der Waals surface area contributed by atoms with E-state index in [-0.39, 0.29) is 6.03 Å². The molecule has 3 rings (SSSR count). The molecule has 2 saturated heterocycles. The van der Waals surface area contributed by atoms with Crippen molar-refractivity contribution in [3.8, 4) is 0 Å². The van der Waals surface area contributed by atoms with Gasteiger partial charge in [0.1, 0.15) is 5.82 Å². The van der Waals surface area contributed by atoms with Gasteiger partial charge in [-0.3, -0.25) is 4.90 Å². The lowest BCUT2D eigenvalue weighted by Gasteiger charge is -2.30. The summed E-state index contributed by atoms with van der Waals surface area (Å²) in [6.45, 7) is 4.64. The monoisotopic (exact) mass is 345 g/mol. The molecule has 2 aliphatic heterocycles. The van der Waals surface area contributed by atoms with E-state index in [4.69, 9.17) is 0 Å². The van der Waals surface area contributed by atoms with Crippen molar-refractivity contribution in [1.82, 2.24) is 20.1 Å². The number of pyridine rings is 1. The molecule has 2 fully saturated rings. The first-order valence-electron chi connectivity index (χ1n) is 9.53. The van der Waals surface area contributed by atoms with Gasteiger partial charge in [-0.15, -0.1) is 0 Å². The first kappa shape index (κ1) is 18.0. The SMILES string of the molecule is CN(C)c1ncccc1CNC(=O)N1CCCC[C@H](N2CCCC2)C1. The minimum absolute atomic E-state index is 0.0552. The highest BCUT2D eigenvalue weighted by Gasteiger charge is 2.27. The van der Waals surface area contributed by atoms with Crippen molar-refractivity contribution in [2.24, 2.45) is 0 Å². The Labute approximate surface area is 151 Å². The Morgan fingerprint density at radius 1 is 1.24 bits per heavy atom. The van der Waals surface area contributed by atoms with Crippen molar-refractivity contribution in [2.45, 2.75) is 44.7 Å². The number of nitrogens with zero attached hydrogens (tertiary/aromatic N) is 4. The van der Waals surface area contributed by atoms with Gasteiger partial charge in [-0.2, -0.15) is 0 Å². The van der Waals surface area contributed by atoms with Gasteiger partial charge >= 0.3 is 6.03 Å². The minimum atomic E-state index is 0.0552. The van der Waals surface area contributed by atoms with Crippen LogP contribution < -0.4 is 10.2 Å². The van der Waals surface area contributed by atoms with E-state index >= 15 is 0 Å². The molecular formula is C19H31N5O. The summed E-state index contributed by atoms with van der Waals surface area (Å²) >= 11 is 0. The summed E-state index contributed by atoms with van der Waals surface area (Å²) in [4.78, 5) is 23.7. The average molecular weight is 345 g/mol. The fraction of sp³-hybridized carbons (Fsp3) is 0.684. The Kier molecular flexibility index (Phi) is 6.13. The van der Waals surface area contributed by atoms with Crippen LogP contribution in [0.5, 0.6) is 0 Å². The van der Waals surface area contributed by atoms with Gasteiger partial charge in [0.25, 0.3) is 0 Å². The Hall–Kier alpha value is -1.82. The third-order valence-electron chi connectivity index (χ3n) is 5.31. The molecule has 0 saturated carbocycles. The molecule has 0 aromatic carbocycles. The number of nitrogens with one attached hydrogen (secondary N) is 1. The van der Waals surface area contributed by atoms with E-state index in [1.165, 1.54) is 38.8 Å². The van der Waals surface area contributed by atoms with Gasteiger partial charge in [-0.05, 0) is 44.8 Å². The van der Waals surface area contributed by atoms with Crippen molar-refractivity contribution in [2.75, 3.05) is 45.2 Å². The van der Waals surface area contributed by atoms with Gasteiger partial charge in [-0.1, -0.05) is 12.5 Å². The van der Waals surface area contributed by atoms with Crippen molar-refractivity contribution in [3.63, 3.8) is 0 Å². The fourth-order valence-corrected chi connectivity index (χ4v) is 3.96. The van der Waals surface area contributed by atoms with Crippen molar-refractivity contribution >= 4 is 11.8 Å². The van der Waals surface area contributed by atoms with Crippen LogP contribution in [-0.4, -0.2) is 67.1 Å². The first-order valence-corrected chi connectivity index (χ1v) is 9.53. The van der Waals surface area contributed by atoms with Gasteiger partial charge < -0.3 is 15.1 Å². The van der Waals surface area contributed by atoms with Crippen LogP contribution in [0.2, 0.25) is 0 Å². The molecule has 1 aromatic heterocycles. The maximum absolute atomic E-state index is 12.7. The number of hydrogen-bond acceptors (Lipinski definition) is 4. The normalized spacial score (nSPS) is 21.8. The first-order chi connectivity index (χ1) is 12.1. The predicted octanol–water partition coefficient (Wildman–Crippen LogP) is 2.31. The summed E-state index contributed by atoms with van der Waals surface area (Å²) in [5, 5.41) is 3.10. The molecule has 1 N–H and O–H groups in total. The summed E-state index contributed by atoms with van der Waals surface area (Å²) in [5.74, 6) is 0.911. The van der Waals surface area contributed by atoms with E-state index in [2.05, 4.69) is 15.2 Å². The zero-order valence-electron chi connectivity index (χ0n) is 15.6. The minimum Gasteiger partial charge on any atom is -0.362 e. The second kappa shape index (κ2) is 8.52. The summed E-state index contributed by atoms with van der Waals surface area (Å²) in [6.07, 6.45) is 7.94. The topological polar surface area (TPSA) is 51.7 Å². The van der Waals surface area contributed by atoms with Crippen molar-refractivity contribution in [1.29, 1.82) is 0 Å². The molecule has 2 aliphatic rings. The molecular weight excluding hydrogens is 314 g/mol. The van der Waals surface area contributed by atoms with E-state index in [0.717, 1.165) is 30.9 Å². The number of amides is 2. The van der Waals surface area contributed by atoms with Gasteiger partial charge in [-0.25, -0.2) is 9.78 Å². The van der Waals surface area contributed by atoms with E-state index in [1.54, 1.807) is 6.20 Å². The largest absolute Gasteiger partial charge is 0.362 e. The van der Waals surface area contributed by atoms with Crippen LogP contribution in [0.3, 0.4) is 0 Å². The molecule has 1 atom stereocenters. The molecule has 0 radical (unpaired) electrons. The van der Waals surface area contributed by atoms with E-state index in [9.17, 15) is 4.79 Å². The number of carbonyl (C=O) groups excluding carboxylic acids is 1. The number of carbonyl (C=O) groups is 1. The van der Waals surface area contributed by atoms with Crippen LogP contribution in [0.4, 0.5) is 10.6 Å². The zero-order valence-corrected chi connectivity index (χ0v) is 15.6. The van der Waals surface area contributed by atoms with Crippen LogP contribution in [0, 0.1) is 0 Å². The van der Waals surface area contributed by atoms with Crippen LogP contribution in [0.25, 0.3) is 0 Å². The van der Waals surface area contributed by atoms with Crippen molar-refractivity contribution < 1.29 is 4.79 Å². The Morgan fingerprint density at radius 2 is 2.00 bits per heavy atom. The average Bonchev–Trinajstić information content (AvgIpc) is 3.04. The molecule has 0 unspecified atom stereocenters. The summed E-state index contributed by atoms with van der Waals surface area (Å²) in [5.41, 5.74) is 1.05. The molecule has 1 aromatic rings. The maximum Gasteiger partial charge on any atom is 0.317 e. The van der Waals surface area contributed by atoms with Gasteiger partial charge in [0.2, 0.25) is 0 Å². The van der Waals surface area contributed by atoms with Gasteiger partial charge in [0.05, 0.1) is 0 Å². The molecule has 0 spiro atoms. The van der Waals surface area contributed by atoms with Gasteiger partial charge in [0, 0.05) is 51.5 Å². The number of rotatable bonds is 4. The van der Waals surface area contributed by atoms with Crippen LogP contribution in [-0.2, 0) is 6.54 Å². The molecule has 3 heterocycles. The van der Waals surface area contributed by atoms with E-state index in [0.29, 0.717) is 12.6 Å². The lowest BCUT2D eigenvalue weighted by molar-refractivity contribution is 0.165. The zero-order chi connectivity index (χ0) is 17.6. The Morgan fingerprint density at radius 3 is 2.76 bits per heavy atom. The number of hydrogen-bond donors (Lipinski definition) is 1. The molecule has 25 heavy (non-hydrogen) atoms. The highest BCUT2D eigenvalue weighted by molar-refractivity contribution is 5.74. The van der Waals surface area contributed by atoms with Crippen molar-refractivity contribution in [3.05, 3.63) is 23.9 Å². The molecule has 2 amide bonds.